The fraction of sp³-hybridized carbons (Fsp3) is 0. The van der Waals surface area contributed by atoms with Gasteiger partial charge in [-0.05, 0) is 42.0 Å². The molecular weight excluding hydrogens is 408 g/mol. The molecule has 0 aliphatic carbocycles. The second kappa shape index (κ2) is 6.67. The van der Waals surface area contributed by atoms with Crippen molar-refractivity contribution in [2.24, 2.45) is 0 Å². The minimum Gasteiger partial charge on any atom is -0.309 e. The monoisotopic (exact) mass is 422 g/mol. The van der Waals surface area contributed by atoms with Gasteiger partial charge in [0.25, 0.3) is 0 Å². The lowest BCUT2D eigenvalue weighted by atomic mass is 10.0. The minimum atomic E-state index is 0.648. The fourth-order valence-corrected chi connectivity index (χ4v) is 4.38. The van der Waals surface area contributed by atoms with Crippen molar-refractivity contribution in [1.29, 1.82) is 5.26 Å². The van der Waals surface area contributed by atoms with Crippen molar-refractivity contribution in [3.8, 4) is 22.9 Å². The first kappa shape index (κ1) is 16.8. The number of hydrogen-bond donors (Lipinski definition) is 0. The van der Waals surface area contributed by atoms with Gasteiger partial charge in [-0.15, -0.1) is 0 Å². The quantitative estimate of drug-likeness (QED) is 0.298. The molecule has 0 radical (unpaired) electrons. The SMILES string of the molecule is N#Cc1ccc(-n2c3ccccc3c3ccccc32)c(-c2ccccc2Br)c1. The number of fused-ring (bicyclic) bond motifs is 3. The van der Waals surface area contributed by atoms with Crippen LogP contribution < -0.4 is 0 Å². The Labute approximate surface area is 171 Å². The molecule has 5 aromatic rings. The molecule has 0 spiro atoms. The molecular formula is C25H15BrN2. The van der Waals surface area contributed by atoms with Crippen LogP contribution in [0.4, 0.5) is 0 Å². The molecule has 0 bridgehead atoms. The Balaban J connectivity index is 1.94. The number of rotatable bonds is 2. The van der Waals surface area contributed by atoms with E-state index >= 15 is 0 Å². The third kappa shape index (κ3) is 2.54. The van der Waals surface area contributed by atoms with Gasteiger partial charge in [-0.1, -0.05) is 70.5 Å². The summed E-state index contributed by atoms with van der Waals surface area (Å²) in [4.78, 5) is 0. The van der Waals surface area contributed by atoms with E-state index in [0.717, 1.165) is 32.3 Å². The first-order valence-corrected chi connectivity index (χ1v) is 9.85. The number of benzene rings is 4. The summed E-state index contributed by atoms with van der Waals surface area (Å²) in [7, 11) is 0. The summed E-state index contributed by atoms with van der Waals surface area (Å²) in [6.07, 6.45) is 0. The van der Waals surface area contributed by atoms with Crippen LogP contribution in [0.2, 0.25) is 0 Å². The molecule has 0 N–H and O–H groups in total. The normalized spacial score (nSPS) is 11.0. The van der Waals surface area contributed by atoms with Crippen molar-refractivity contribution in [3.05, 3.63) is 101 Å². The van der Waals surface area contributed by atoms with E-state index in [0.29, 0.717) is 5.56 Å². The number of aromatic nitrogens is 1. The topological polar surface area (TPSA) is 28.7 Å². The lowest BCUT2D eigenvalue weighted by Crippen LogP contribution is -1.98. The molecule has 0 aliphatic rings. The zero-order valence-corrected chi connectivity index (χ0v) is 16.5. The van der Waals surface area contributed by atoms with Crippen LogP contribution in [0.1, 0.15) is 5.56 Å². The average molecular weight is 423 g/mol. The van der Waals surface area contributed by atoms with Gasteiger partial charge in [-0.25, -0.2) is 0 Å². The van der Waals surface area contributed by atoms with Crippen LogP contribution in [0.25, 0.3) is 38.6 Å². The predicted molar refractivity (Wildman–Crippen MR) is 119 cm³/mol. The first-order valence-electron chi connectivity index (χ1n) is 9.05. The maximum absolute atomic E-state index is 9.47. The molecule has 4 aromatic carbocycles. The molecule has 0 saturated heterocycles. The molecule has 0 aliphatic heterocycles. The Kier molecular flexibility index (Phi) is 4.00. The van der Waals surface area contributed by atoms with Crippen LogP contribution in [0.15, 0.2) is 95.5 Å². The zero-order chi connectivity index (χ0) is 19.1. The Hall–Kier alpha value is -3.35. The van der Waals surface area contributed by atoms with E-state index in [1.54, 1.807) is 0 Å². The van der Waals surface area contributed by atoms with Gasteiger partial charge in [0.15, 0.2) is 0 Å². The van der Waals surface area contributed by atoms with Gasteiger partial charge >= 0.3 is 0 Å². The maximum atomic E-state index is 9.47. The summed E-state index contributed by atoms with van der Waals surface area (Å²) in [5.41, 5.74) is 6.11. The van der Waals surface area contributed by atoms with Crippen molar-refractivity contribution < 1.29 is 0 Å². The number of halogens is 1. The lowest BCUT2D eigenvalue weighted by molar-refractivity contribution is 1.18. The highest BCUT2D eigenvalue weighted by Gasteiger charge is 2.16. The highest BCUT2D eigenvalue weighted by molar-refractivity contribution is 9.10. The molecule has 2 nitrogen and oxygen atoms in total. The van der Waals surface area contributed by atoms with Crippen molar-refractivity contribution in [2.45, 2.75) is 0 Å². The third-order valence-electron chi connectivity index (χ3n) is 5.11. The molecule has 0 unspecified atom stereocenters. The Morgan fingerprint density at radius 3 is 1.93 bits per heavy atom. The van der Waals surface area contributed by atoms with E-state index in [1.807, 2.05) is 36.4 Å². The molecule has 0 fully saturated rings. The zero-order valence-electron chi connectivity index (χ0n) is 14.9. The Bertz CT molecular complexity index is 1340. The molecule has 5 rings (SSSR count). The summed E-state index contributed by atoms with van der Waals surface area (Å²) in [5.74, 6) is 0. The molecule has 0 atom stereocenters. The standard InChI is InChI=1S/C25H15BrN2/c26-22-10-4-1-7-18(22)21-15-17(16-27)13-14-25(21)28-23-11-5-2-8-19(23)20-9-3-6-12-24(20)28/h1-15H. The summed E-state index contributed by atoms with van der Waals surface area (Å²) in [6.45, 7) is 0. The summed E-state index contributed by atoms with van der Waals surface area (Å²) in [6, 6.07) is 33.2. The van der Waals surface area contributed by atoms with E-state index in [2.05, 4.69) is 81.2 Å². The highest BCUT2D eigenvalue weighted by Crippen LogP contribution is 2.38. The average Bonchev–Trinajstić information content (AvgIpc) is 3.08. The van der Waals surface area contributed by atoms with Crippen LogP contribution in [-0.2, 0) is 0 Å². The van der Waals surface area contributed by atoms with Gasteiger partial charge in [-0.2, -0.15) is 5.26 Å². The van der Waals surface area contributed by atoms with Crippen LogP contribution >= 0.6 is 15.9 Å². The van der Waals surface area contributed by atoms with Gasteiger partial charge in [-0.3, -0.25) is 0 Å². The van der Waals surface area contributed by atoms with Gasteiger partial charge in [0.05, 0.1) is 28.4 Å². The van der Waals surface area contributed by atoms with Crippen molar-refractivity contribution in [2.75, 3.05) is 0 Å². The Morgan fingerprint density at radius 2 is 1.29 bits per heavy atom. The molecule has 3 heteroatoms. The molecule has 0 saturated carbocycles. The third-order valence-corrected chi connectivity index (χ3v) is 5.80. The molecule has 1 heterocycles. The largest absolute Gasteiger partial charge is 0.309 e. The summed E-state index contributed by atoms with van der Waals surface area (Å²) >= 11 is 3.68. The second-order valence-corrected chi connectivity index (χ2v) is 7.55. The number of nitrogens with zero attached hydrogens (tertiary/aromatic N) is 2. The van der Waals surface area contributed by atoms with Crippen molar-refractivity contribution in [3.63, 3.8) is 0 Å². The van der Waals surface area contributed by atoms with Gasteiger partial charge < -0.3 is 4.57 Å². The number of hydrogen-bond acceptors (Lipinski definition) is 1. The van der Waals surface area contributed by atoms with Crippen LogP contribution in [-0.4, -0.2) is 4.57 Å². The molecule has 1 aromatic heterocycles. The van der Waals surface area contributed by atoms with Crippen LogP contribution in [0, 0.1) is 11.3 Å². The van der Waals surface area contributed by atoms with Gasteiger partial charge in [0.2, 0.25) is 0 Å². The highest BCUT2D eigenvalue weighted by atomic mass is 79.9. The first-order chi connectivity index (χ1) is 13.8. The lowest BCUT2D eigenvalue weighted by Gasteiger charge is -2.15. The molecule has 0 amide bonds. The maximum Gasteiger partial charge on any atom is 0.0991 e. The van der Waals surface area contributed by atoms with E-state index in [1.165, 1.54) is 10.8 Å². The van der Waals surface area contributed by atoms with Gasteiger partial charge in [0, 0.05) is 20.8 Å². The van der Waals surface area contributed by atoms with Crippen LogP contribution in [0.3, 0.4) is 0 Å². The van der Waals surface area contributed by atoms with E-state index in [4.69, 9.17) is 0 Å². The Morgan fingerprint density at radius 1 is 0.679 bits per heavy atom. The summed E-state index contributed by atoms with van der Waals surface area (Å²) in [5, 5.41) is 11.9. The van der Waals surface area contributed by atoms with Crippen LogP contribution in [0.5, 0.6) is 0 Å². The van der Waals surface area contributed by atoms with Crippen molar-refractivity contribution >= 4 is 37.7 Å². The molecule has 28 heavy (non-hydrogen) atoms. The summed E-state index contributed by atoms with van der Waals surface area (Å²) < 4.78 is 3.30. The van der Waals surface area contributed by atoms with E-state index in [9.17, 15) is 5.26 Å². The number of para-hydroxylation sites is 2. The van der Waals surface area contributed by atoms with E-state index < -0.39 is 0 Å². The van der Waals surface area contributed by atoms with Crippen molar-refractivity contribution in [1.82, 2.24) is 4.57 Å². The minimum absolute atomic E-state index is 0.648. The van der Waals surface area contributed by atoms with Gasteiger partial charge in [0.1, 0.15) is 0 Å². The fourth-order valence-electron chi connectivity index (χ4n) is 3.88. The number of nitriles is 1. The molecule has 132 valence electrons. The van der Waals surface area contributed by atoms with E-state index in [-0.39, 0.29) is 0 Å². The predicted octanol–water partition coefficient (Wildman–Crippen LogP) is 7.08. The second-order valence-electron chi connectivity index (χ2n) is 6.69. The smallest absolute Gasteiger partial charge is 0.0991 e.